The van der Waals surface area contributed by atoms with Gasteiger partial charge in [-0.2, -0.15) is 4.31 Å². The van der Waals surface area contributed by atoms with E-state index in [0.717, 1.165) is 0 Å². The van der Waals surface area contributed by atoms with E-state index in [1.165, 1.54) is 17.4 Å². The zero-order valence-corrected chi connectivity index (χ0v) is 12.8. The van der Waals surface area contributed by atoms with Crippen LogP contribution < -0.4 is 11.1 Å². The number of likely N-dealkylation sites (N-methyl/N-ethyl adjacent to an activating group) is 1. The van der Waals surface area contributed by atoms with Crippen molar-refractivity contribution in [2.75, 3.05) is 32.5 Å². The molecule has 1 aromatic rings. The summed E-state index contributed by atoms with van der Waals surface area (Å²) < 4.78 is 32.1. The van der Waals surface area contributed by atoms with Gasteiger partial charge in [0.15, 0.2) is 0 Å². The smallest absolute Gasteiger partial charge is 0.244 e. The molecular formula is C13H19N3O4S. The van der Waals surface area contributed by atoms with Gasteiger partial charge in [0, 0.05) is 19.3 Å². The highest BCUT2D eigenvalue weighted by atomic mass is 32.2. The third-order valence-corrected chi connectivity index (χ3v) is 5.59. The lowest BCUT2D eigenvalue weighted by atomic mass is 10.2. The van der Waals surface area contributed by atoms with Crippen molar-refractivity contribution < 1.29 is 17.9 Å². The predicted molar refractivity (Wildman–Crippen MR) is 78.2 cm³/mol. The summed E-state index contributed by atoms with van der Waals surface area (Å²) in [7, 11) is -2.34. The van der Waals surface area contributed by atoms with Gasteiger partial charge in [0.25, 0.3) is 0 Å². The predicted octanol–water partition coefficient (Wildman–Crippen LogP) is -0.287. The summed E-state index contributed by atoms with van der Waals surface area (Å²) >= 11 is 0. The van der Waals surface area contributed by atoms with Gasteiger partial charge in [0.05, 0.1) is 18.1 Å². The number of rotatable bonds is 3. The lowest BCUT2D eigenvalue weighted by Crippen LogP contribution is -2.55. The lowest BCUT2D eigenvalue weighted by Gasteiger charge is -2.33. The normalized spacial score (nSPS) is 20.2. The SMILES string of the molecule is CNC(=O)C1COCCN1S(=O)(=O)c1cccc(N)c1C. The Labute approximate surface area is 124 Å². The monoisotopic (exact) mass is 313 g/mol. The quantitative estimate of drug-likeness (QED) is 0.747. The first kappa shape index (κ1) is 15.7. The fourth-order valence-electron chi connectivity index (χ4n) is 2.29. The Hall–Kier alpha value is -1.64. The van der Waals surface area contributed by atoms with Gasteiger partial charge in [-0.05, 0) is 24.6 Å². The number of morpholine rings is 1. The molecule has 3 N–H and O–H groups in total. The molecule has 116 valence electrons. The molecule has 1 fully saturated rings. The van der Waals surface area contributed by atoms with Crippen molar-refractivity contribution in [3.8, 4) is 0 Å². The highest BCUT2D eigenvalue weighted by Crippen LogP contribution is 2.26. The van der Waals surface area contributed by atoms with Gasteiger partial charge >= 0.3 is 0 Å². The summed E-state index contributed by atoms with van der Waals surface area (Å²) in [5, 5.41) is 2.46. The molecule has 1 saturated heterocycles. The van der Waals surface area contributed by atoms with Crippen molar-refractivity contribution in [3.63, 3.8) is 0 Å². The number of nitrogens with two attached hydrogens (primary N) is 1. The van der Waals surface area contributed by atoms with Crippen LogP contribution >= 0.6 is 0 Å². The van der Waals surface area contributed by atoms with Gasteiger partial charge in [0.1, 0.15) is 6.04 Å². The molecule has 0 bridgehead atoms. The summed E-state index contributed by atoms with van der Waals surface area (Å²) in [5.41, 5.74) is 6.67. The average Bonchev–Trinajstić information content (AvgIpc) is 2.49. The number of nitrogens with one attached hydrogen (secondary N) is 1. The van der Waals surface area contributed by atoms with Crippen molar-refractivity contribution in [2.45, 2.75) is 17.9 Å². The first-order chi connectivity index (χ1) is 9.89. The number of benzene rings is 1. The third kappa shape index (κ3) is 2.87. The van der Waals surface area contributed by atoms with Gasteiger partial charge in [-0.25, -0.2) is 8.42 Å². The number of amides is 1. The fourth-order valence-corrected chi connectivity index (χ4v) is 4.10. The number of hydrogen-bond donors (Lipinski definition) is 2. The Bertz CT molecular complexity index is 645. The Kier molecular flexibility index (Phi) is 4.50. The van der Waals surface area contributed by atoms with Gasteiger partial charge in [0.2, 0.25) is 15.9 Å². The maximum Gasteiger partial charge on any atom is 0.244 e. The van der Waals surface area contributed by atoms with Crippen molar-refractivity contribution in [1.29, 1.82) is 0 Å². The van der Waals surface area contributed by atoms with E-state index < -0.39 is 16.1 Å². The molecule has 2 rings (SSSR count). The van der Waals surface area contributed by atoms with Crippen molar-refractivity contribution in [1.82, 2.24) is 9.62 Å². The molecule has 1 heterocycles. The lowest BCUT2D eigenvalue weighted by molar-refractivity contribution is -0.128. The van der Waals surface area contributed by atoms with Crippen LogP contribution in [0.5, 0.6) is 0 Å². The molecular weight excluding hydrogens is 294 g/mol. The molecule has 1 aromatic carbocycles. The van der Waals surface area contributed by atoms with Crippen LogP contribution in [0.3, 0.4) is 0 Å². The van der Waals surface area contributed by atoms with E-state index in [1.807, 2.05) is 0 Å². The molecule has 1 atom stereocenters. The standard InChI is InChI=1S/C13H19N3O4S/c1-9-10(14)4-3-5-12(9)21(18,19)16-6-7-20-8-11(16)13(17)15-2/h3-5,11H,6-8,14H2,1-2H3,(H,15,17). The van der Waals surface area contributed by atoms with Crippen LogP contribution in [0.4, 0.5) is 5.69 Å². The second kappa shape index (κ2) is 6.00. The number of anilines is 1. The van der Waals surface area contributed by atoms with Crippen LogP contribution in [0.25, 0.3) is 0 Å². The van der Waals surface area contributed by atoms with Crippen LogP contribution in [-0.4, -0.2) is 51.5 Å². The molecule has 8 heteroatoms. The van der Waals surface area contributed by atoms with Crippen LogP contribution in [-0.2, 0) is 19.6 Å². The number of nitrogens with zero attached hydrogens (tertiary/aromatic N) is 1. The largest absolute Gasteiger partial charge is 0.398 e. The molecule has 1 aliphatic rings. The molecule has 0 radical (unpaired) electrons. The van der Waals surface area contributed by atoms with Crippen molar-refractivity contribution in [2.24, 2.45) is 0 Å². The number of carbonyl (C=O) groups is 1. The molecule has 1 amide bonds. The summed E-state index contributed by atoms with van der Waals surface area (Å²) in [5.74, 6) is -0.389. The van der Waals surface area contributed by atoms with Crippen molar-refractivity contribution in [3.05, 3.63) is 23.8 Å². The van der Waals surface area contributed by atoms with E-state index >= 15 is 0 Å². The minimum atomic E-state index is -3.81. The van der Waals surface area contributed by atoms with E-state index in [9.17, 15) is 13.2 Å². The minimum absolute atomic E-state index is 0.0419. The summed E-state index contributed by atoms with van der Waals surface area (Å²) in [6, 6.07) is 3.86. The molecule has 0 spiro atoms. The van der Waals surface area contributed by atoms with Gasteiger partial charge in [-0.15, -0.1) is 0 Å². The van der Waals surface area contributed by atoms with Crippen LogP contribution in [0.15, 0.2) is 23.1 Å². The Balaban J connectivity index is 2.46. The van der Waals surface area contributed by atoms with Crippen LogP contribution in [0, 0.1) is 6.92 Å². The number of nitrogen functional groups attached to an aromatic ring is 1. The van der Waals surface area contributed by atoms with E-state index in [1.54, 1.807) is 19.1 Å². The molecule has 7 nitrogen and oxygen atoms in total. The van der Waals surface area contributed by atoms with Gasteiger partial charge < -0.3 is 15.8 Å². The van der Waals surface area contributed by atoms with E-state index in [0.29, 0.717) is 11.3 Å². The Morgan fingerprint density at radius 2 is 2.19 bits per heavy atom. The highest BCUT2D eigenvalue weighted by Gasteiger charge is 2.38. The second-order valence-electron chi connectivity index (χ2n) is 4.79. The zero-order chi connectivity index (χ0) is 15.6. The topological polar surface area (TPSA) is 102 Å². The number of carbonyl (C=O) groups excluding carboxylic acids is 1. The van der Waals surface area contributed by atoms with E-state index in [4.69, 9.17) is 10.5 Å². The average molecular weight is 313 g/mol. The molecule has 0 aliphatic carbocycles. The Morgan fingerprint density at radius 3 is 2.86 bits per heavy atom. The first-order valence-corrected chi connectivity index (χ1v) is 8.00. The molecule has 1 aliphatic heterocycles. The second-order valence-corrected chi connectivity index (χ2v) is 6.65. The number of hydrogen-bond acceptors (Lipinski definition) is 5. The maximum absolute atomic E-state index is 12.8. The summed E-state index contributed by atoms with van der Waals surface area (Å²) in [6.45, 7) is 2.08. The number of ether oxygens (including phenoxy) is 1. The first-order valence-electron chi connectivity index (χ1n) is 6.56. The van der Waals surface area contributed by atoms with Crippen molar-refractivity contribution >= 4 is 21.6 Å². The zero-order valence-electron chi connectivity index (χ0n) is 12.0. The Morgan fingerprint density at radius 1 is 1.48 bits per heavy atom. The summed E-state index contributed by atoms with van der Waals surface area (Å²) in [6.07, 6.45) is 0. The molecule has 0 aromatic heterocycles. The summed E-state index contributed by atoms with van der Waals surface area (Å²) in [4.78, 5) is 12.0. The van der Waals surface area contributed by atoms with E-state index in [2.05, 4.69) is 5.32 Å². The molecule has 1 unspecified atom stereocenters. The molecule has 0 saturated carbocycles. The maximum atomic E-state index is 12.8. The highest BCUT2D eigenvalue weighted by molar-refractivity contribution is 7.89. The van der Waals surface area contributed by atoms with Crippen LogP contribution in [0.2, 0.25) is 0 Å². The number of sulfonamides is 1. The minimum Gasteiger partial charge on any atom is -0.398 e. The van der Waals surface area contributed by atoms with Crippen LogP contribution in [0.1, 0.15) is 5.56 Å². The van der Waals surface area contributed by atoms with Gasteiger partial charge in [-0.1, -0.05) is 6.07 Å². The van der Waals surface area contributed by atoms with E-state index in [-0.39, 0.29) is 30.6 Å². The third-order valence-electron chi connectivity index (χ3n) is 3.54. The van der Waals surface area contributed by atoms with Gasteiger partial charge in [-0.3, -0.25) is 4.79 Å². The molecule has 21 heavy (non-hydrogen) atoms. The fraction of sp³-hybridized carbons (Fsp3) is 0.462.